The average Bonchev–Trinajstić information content (AvgIpc) is 3.22. The molecule has 6 rings (SSSR count). The number of piperidine rings is 1. The Morgan fingerprint density at radius 2 is 1.75 bits per heavy atom. The molecule has 204 valence electrons. The Labute approximate surface area is 250 Å². The lowest BCUT2D eigenvalue weighted by atomic mass is 9.57. The Bertz CT molecular complexity index is 1570. The van der Waals surface area contributed by atoms with E-state index in [1.165, 1.54) is 0 Å². The molecule has 6 nitrogen and oxygen atoms in total. The van der Waals surface area contributed by atoms with Crippen LogP contribution >= 0.6 is 39.1 Å². The molecule has 0 aromatic heterocycles. The van der Waals surface area contributed by atoms with Crippen LogP contribution in [0.4, 0.5) is 5.69 Å². The van der Waals surface area contributed by atoms with E-state index in [0.717, 1.165) is 10.0 Å². The summed E-state index contributed by atoms with van der Waals surface area (Å²) in [6, 6.07) is 17.5. The standard InChI is InChI=1S/C31H25BrCl2N2O4/c1-39-21-7-9-22(10-8-21)40-27-12-5-18(32)14-23(27)29-31(24-11-6-20(34)15-26(24)35-30(31)38)25(16-28(37)36-29)17-3-2-4-19(33)13-17/h2-12,14-15,17,25,29H,13,16H2,1H3,(H,35,38)(H,36,37)/t17-,25?,29+,31+/m1/s1. The third kappa shape index (κ3) is 4.60. The topological polar surface area (TPSA) is 76.7 Å². The summed E-state index contributed by atoms with van der Waals surface area (Å²) in [5.41, 5.74) is 0.933. The van der Waals surface area contributed by atoms with E-state index in [-0.39, 0.29) is 30.1 Å². The summed E-state index contributed by atoms with van der Waals surface area (Å²) in [4.78, 5) is 27.7. The van der Waals surface area contributed by atoms with E-state index >= 15 is 0 Å². The molecule has 3 aromatic rings. The van der Waals surface area contributed by atoms with E-state index in [4.69, 9.17) is 32.7 Å². The van der Waals surface area contributed by atoms with Crippen molar-refractivity contribution >= 4 is 56.6 Å². The Morgan fingerprint density at radius 3 is 2.50 bits per heavy atom. The summed E-state index contributed by atoms with van der Waals surface area (Å²) in [7, 11) is 1.60. The summed E-state index contributed by atoms with van der Waals surface area (Å²) in [6.45, 7) is 0. The van der Waals surface area contributed by atoms with Crippen LogP contribution in [0.15, 0.2) is 88.4 Å². The fourth-order valence-corrected chi connectivity index (χ4v) is 7.05. The molecule has 0 radical (unpaired) electrons. The highest BCUT2D eigenvalue weighted by atomic mass is 79.9. The smallest absolute Gasteiger partial charge is 0.237 e. The van der Waals surface area contributed by atoms with Crippen molar-refractivity contribution < 1.29 is 19.1 Å². The number of ether oxygens (including phenoxy) is 2. The quantitative estimate of drug-likeness (QED) is 0.300. The number of hydrogen-bond donors (Lipinski definition) is 2. The first kappa shape index (κ1) is 26.9. The predicted octanol–water partition coefficient (Wildman–Crippen LogP) is 7.67. The number of carbonyl (C=O) groups is 2. The van der Waals surface area contributed by atoms with Crippen LogP contribution < -0.4 is 20.1 Å². The molecule has 1 aliphatic carbocycles. The molecule has 40 heavy (non-hydrogen) atoms. The van der Waals surface area contributed by atoms with Gasteiger partial charge in [0, 0.05) is 32.2 Å². The molecule has 9 heteroatoms. The van der Waals surface area contributed by atoms with Crippen LogP contribution in [-0.4, -0.2) is 18.9 Å². The minimum Gasteiger partial charge on any atom is -0.497 e. The highest BCUT2D eigenvalue weighted by molar-refractivity contribution is 9.10. The molecule has 1 unspecified atom stereocenters. The molecule has 1 saturated heterocycles. The van der Waals surface area contributed by atoms with Crippen LogP contribution in [0.5, 0.6) is 17.2 Å². The van der Waals surface area contributed by atoms with Crippen LogP contribution in [0.1, 0.15) is 30.0 Å². The van der Waals surface area contributed by atoms with Gasteiger partial charge in [0.25, 0.3) is 0 Å². The molecular formula is C31H25BrCl2N2O4. The first-order chi connectivity index (χ1) is 19.3. The lowest BCUT2D eigenvalue weighted by Crippen LogP contribution is -2.59. The zero-order chi connectivity index (χ0) is 28.0. The van der Waals surface area contributed by atoms with Crippen LogP contribution in [-0.2, 0) is 15.0 Å². The highest BCUT2D eigenvalue weighted by Crippen LogP contribution is 2.58. The summed E-state index contributed by atoms with van der Waals surface area (Å²) in [6.07, 6.45) is 6.49. The van der Waals surface area contributed by atoms with Gasteiger partial charge >= 0.3 is 0 Å². The van der Waals surface area contributed by atoms with E-state index in [1.54, 1.807) is 19.2 Å². The van der Waals surface area contributed by atoms with Gasteiger partial charge in [0.1, 0.15) is 22.7 Å². The number of benzene rings is 3. The largest absolute Gasteiger partial charge is 0.497 e. The maximum absolute atomic E-state index is 14.3. The number of nitrogens with one attached hydrogen (secondary N) is 2. The number of carbonyl (C=O) groups excluding carboxylic acids is 2. The van der Waals surface area contributed by atoms with Gasteiger partial charge in [-0.15, -0.1) is 0 Å². The third-order valence-corrected chi connectivity index (χ3v) is 8.96. The molecule has 3 aromatic carbocycles. The average molecular weight is 640 g/mol. The highest BCUT2D eigenvalue weighted by Gasteiger charge is 2.62. The normalized spacial score (nSPS) is 25.2. The molecule has 2 heterocycles. The van der Waals surface area contributed by atoms with E-state index in [9.17, 15) is 9.59 Å². The number of amides is 2. The Kier molecular flexibility index (Phi) is 7.15. The first-order valence-corrected chi connectivity index (χ1v) is 14.4. The molecule has 1 spiro atoms. The van der Waals surface area contributed by atoms with Crippen molar-refractivity contribution in [3.05, 3.63) is 105 Å². The fourth-order valence-electron chi connectivity index (χ4n) is 6.25. The van der Waals surface area contributed by atoms with E-state index < -0.39 is 11.5 Å². The van der Waals surface area contributed by atoms with Crippen molar-refractivity contribution in [1.29, 1.82) is 0 Å². The SMILES string of the molecule is COc1ccc(Oc2ccc(Br)cc2[C@@H]2NC(=O)CC([C@@H]3C=CC=C(Cl)C3)[C@]23C(=O)Nc2cc(Cl)ccc23)cc1. The van der Waals surface area contributed by atoms with Crippen molar-refractivity contribution in [1.82, 2.24) is 5.32 Å². The van der Waals surface area contributed by atoms with Gasteiger partial charge in [-0.2, -0.15) is 0 Å². The Morgan fingerprint density at radius 1 is 0.975 bits per heavy atom. The zero-order valence-electron chi connectivity index (χ0n) is 21.4. The van der Waals surface area contributed by atoms with Gasteiger partial charge in [0.05, 0.1) is 13.2 Å². The van der Waals surface area contributed by atoms with E-state index in [2.05, 4.69) is 26.6 Å². The molecule has 2 aliphatic heterocycles. The van der Waals surface area contributed by atoms with Crippen LogP contribution in [0.25, 0.3) is 0 Å². The summed E-state index contributed by atoms with van der Waals surface area (Å²) in [5.74, 6) is 0.936. The van der Waals surface area contributed by atoms with Gasteiger partial charge in [-0.25, -0.2) is 0 Å². The number of methoxy groups -OCH3 is 1. The van der Waals surface area contributed by atoms with Gasteiger partial charge < -0.3 is 20.1 Å². The predicted molar refractivity (Wildman–Crippen MR) is 159 cm³/mol. The van der Waals surface area contributed by atoms with Crippen molar-refractivity contribution in [3.63, 3.8) is 0 Å². The number of halogens is 3. The molecule has 0 saturated carbocycles. The van der Waals surface area contributed by atoms with Crippen LogP contribution in [0.2, 0.25) is 5.02 Å². The Balaban J connectivity index is 1.54. The van der Waals surface area contributed by atoms with Crippen molar-refractivity contribution in [2.24, 2.45) is 11.8 Å². The maximum atomic E-state index is 14.3. The summed E-state index contributed by atoms with van der Waals surface area (Å²) >= 11 is 16.4. The summed E-state index contributed by atoms with van der Waals surface area (Å²) in [5, 5.41) is 7.45. The molecule has 4 atom stereocenters. The second kappa shape index (κ2) is 10.6. The molecule has 2 N–H and O–H groups in total. The minimum absolute atomic E-state index is 0.142. The number of fused-ring (bicyclic) bond motifs is 2. The van der Waals surface area contributed by atoms with Crippen molar-refractivity contribution in [2.45, 2.75) is 24.3 Å². The zero-order valence-corrected chi connectivity index (χ0v) is 24.5. The van der Waals surface area contributed by atoms with E-state index in [0.29, 0.717) is 45.0 Å². The molecular weight excluding hydrogens is 615 g/mol. The van der Waals surface area contributed by atoms with Crippen LogP contribution in [0.3, 0.4) is 0 Å². The minimum atomic E-state index is -1.16. The molecule has 1 fully saturated rings. The van der Waals surface area contributed by atoms with Crippen molar-refractivity contribution in [3.8, 4) is 17.2 Å². The van der Waals surface area contributed by atoms with Gasteiger partial charge in [0.15, 0.2) is 0 Å². The lowest BCUT2D eigenvalue weighted by Gasteiger charge is -2.49. The van der Waals surface area contributed by atoms with Gasteiger partial charge in [-0.05, 0) is 84.5 Å². The fraction of sp³-hybridized carbons (Fsp3) is 0.226. The maximum Gasteiger partial charge on any atom is 0.237 e. The third-order valence-electron chi connectivity index (χ3n) is 7.96. The summed E-state index contributed by atoms with van der Waals surface area (Å²) < 4.78 is 12.4. The first-order valence-electron chi connectivity index (χ1n) is 12.8. The lowest BCUT2D eigenvalue weighted by molar-refractivity contribution is -0.135. The monoisotopic (exact) mass is 638 g/mol. The van der Waals surface area contributed by atoms with Gasteiger partial charge in [-0.1, -0.05) is 57.4 Å². The molecule has 0 bridgehead atoms. The number of hydrogen-bond acceptors (Lipinski definition) is 4. The Hall–Kier alpha value is -3.26. The van der Waals surface area contributed by atoms with Crippen LogP contribution in [0, 0.1) is 11.8 Å². The second-order valence-corrected chi connectivity index (χ2v) is 12.0. The molecule has 3 aliphatic rings. The molecule has 2 amide bonds. The van der Waals surface area contributed by atoms with Gasteiger partial charge in [-0.3, -0.25) is 9.59 Å². The second-order valence-electron chi connectivity index (χ2n) is 10.2. The van der Waals surface area contributed by atoms with Gasteiger partial charge in [0.2, 0.25) is 11.8 Å². The van der Waals surface area contributed by atoms with Crippen molar-refractivity contribution in [2.75, 3.05) is 12.4 Å². The van der Waals surface area contributed by atoms with E-state index in [1.807, 2.05) is 66.8 Å². The number of anilines is 1. The number of allylic oxidation sites excluding steroid dienone is 4. The number of rotatable bonds is 5.